The Bertz CT molecular complexity index is 422. The average Bonchev–Trinajstić information content (AvgIpc) is 2.46. The van der Waals surface area contributed by atoms with Crippen LogP contribution in [0.2, 0.25) is 5.02 Å². The number of hydrogen-bond donors (Lipinski definition) is 2. The van der Waals surface area contributed by atoms with Crippen molar-refractivity contribution in [3.63, 3.8) is 0 Å². The van der Waals surface area contributed by atoms with Crippen LogP contribution in [0.4, 0.5) is 0 Å². The first-order valence-electron chi connectivity index (χ1n) is 6.70. The van der Waals surface area contributed by atoms with Gasteiger partial charge in [0.25, 0.3) is 0 Å². The molecule has 6 heteroatoms. The minimum absolute atomic E-state index is 0.0738. The number of hydrogen-bond acceptors (Lipinski definition) is 4. The number of thioether (sulfide) groups is 1. The number of morpholine rings is 1. The van der Waals surface area contributed by atoms with Crippen molar-refractivity contribution in [1.29, 1.82) is 0 Å². The van der Waals surface area contributed by atoms with Crippen LogP contribution >= 0.6 is 23.4 Å². The van der Waals surface area contributed by atoms with E-state index in [0.29, 0.717) is 19.6 Å². The highest BCUT2D eigenvalue weighted by molar-refractivity contribution is 7.99. The van der Waals surface area contributed by atoms with Gasteiger partial charge >= 0.3 is 0 Å². The number of ether oxygens (including phenoxy) is 1. The quantitative estimate of drug-likeness (QED) is 0.622. The number of nitrogens with one attached hydrogen (secondary N) is 2. The Balaban J connectivity index is 1.58. The van der Waals surface area contributed by atoms with Crippen LogP contribution in [0.15, 0.2) is 29.2 Å². The lowest BCUT2D eigenvalue weighted by atomic mass is 10.2. The molecule has 2 rings (SSSR count). The van der Waals surface area contributed by atoms with Crippen molar-refractivity contribution in [3.05, 3.63) is 29.3 Å². The highest BCUT2D eigenvalue weighted by atomic mass is 35.5. The van der Waals surface area contributed by atoms with Crippen LogP contribution in [0.5, 0.6) is 0 Å². The third kappa shape index (κ3) is 5.71. The minimum Gasteiger partial charge on any atom is -0.378 e. The van der Waals surface area contributed by atoms with Crippen LogP contribution in [0, 0.1) is 0 Å². The van der Waals surface area contributed by atoms with Crippen molar-refractivity contribution in [3.8, 4) is 0 Å². The molecule has 1 aliphatic rings. The fourth-order valence-electron chi connectivity index (χ4n) is 1.94. The van der Waals surface area contributed by atoms with Crippen molar-refractivity contribution < 1.29 is 9.53 Å². The van der Waals surface area contributed by atoms with E-state index in [1.165, 1.54) is 0 Å². The van der Waals surface area contributed by atoms with Crippen LogP contribution in [0.25, 0.3) is 0 Å². The summed E-state index contributed by atoms with van der Waals surface area (Å²) in [4.78, 5) is 12.9. The molecule has 1 unspecified atom stereocenters. The van der Waals surface area contributed by atoms with E-state index in [0.717, 1.165) is 28.8 Å². The monoisotopic (exact) mass is 314 g/mol. The molecule has 20 heavy (non-hydrogen) atoms. The maximum atomic E-state index is 11.7. The molecule has 0 aromatic heterocycles. The first-order valence-corrected chi connectivity index (χ1v) is 8.06. The lowest BCUT2D eigenvalue weighted by molar-refractivity contribution is -0.122. The maximum absolute atomic E-state index is 11.7. The SMILES string of the molecule is O=C(CC1COCCN1)NCCSc1ccc(Cl)cc1. The van der Waals surface area contributed by atoms with Gasteiger partial charge < -0.3 is 15.4 Å². The molecule has 1 fully saturated rings. The summed E-state index contributed by atoms with van der Waals surface area (Å²) >= 11 is 7.53. The van der Waals surface area contributed by atoms with Gasteiger partial charge in [0.2, 0.25) is 5.91 Å². The standard InChI is InChI=1S/C14H19ClN2O2S/c15-11-1-3-13(4-2-11)20-8-6-17-14(18)9-12-10-19-7-5-16-12/h1-4,12,16H,5-10H2,(H,17,18). The summed E-state index contributed by atoms with van der Waals surface area (Å²) in [5.41, 5.74) is 0. The molecule has 0 radical (unpaired) electrons. The Hall–Kier alpha value is -0.750. The lowest BCUT2D eigenvalue weighted by Gasteiger charge is -2.23. The number of rotatable bonds is 6. The molecule has 1 aromatic carbocycles. The van der Waals surface area contributed by atoms with Gasteiger partial charge in [-0.1, -0.05) is 11.6 Å². The number of carbonyl (C=O) groups excluding carboxylic acids is 1. The fourth-order valence-corrected chi connectivity index (χ4v) is 2.83. The van der Waals surface area contributed by atoms with Gasteiger partial charge in [0, 0.05) is 41.2 Å². The minimum atomic E-state index is 0.0738. The lowest BCUT2D eigenvalue weighted by Crippen LogP contribution is -2.44. The van der Waals surface area contributed by atoms with E-state index < -0.39 is 0 Å². The van der Waals surface area contributed by atoms with Crippen LogP contribution in [0.1, 0.15) is 6.42 Å². The highest BCUT2D eigenvalue weighted by Gasteiger charge is 2.16. The number of benzene rings is 1. The molecule has 1 amide bonds. The Morgan fingerprint density at radius 1 is 1.45 bits per heavy atom. The van der Waals surface area contributed by atoms with Gasteiger partial charge in [0.05, 0.1) is 13.2 Å². The first-order chi connectivity index (χ1) is 9.74. The molecule has 4 nitrogen and oxygen atoms in total. The van der Waals surface area contributed by atoms with Gasteiger partial charge in [-0.3, -0.25) is 4.79 Å². The van der Waals surface area contributed by atoms with Crippen molar-refractivity contribution in [2.24, 2.45) is 0 Å². The van der Waals surface area contributed by atoms with Gasteiger partial charge in [0.1, 0.15) is 0 Å². The van der Waals surface area contributed by atoms with Gasteiger partial charge in [-0.25, -0.2) is 0 Å². The Labute approximate surface area is 128 Å². The van der Waals surface area contributed by atoms with E-state index in [-0.39, 0.29) is 11.9 Å². The Morgan fingerprint density at radius 2 is 2.25 bits per heavy atom. The number of amides is 1. The van der Waals surface area contributed by atoms with E-state index in [1.807, 2.05) is 24.3 Å². The fraction of sp³-hybridized carbons (Fsp3) is 0.500. The van der Waals surface area contributed by atoms with Crippen LogP contribution < -0.4 is 10.6 Å². The summed E-state index contributed by atoms with van der Waals surface area (Å²) in [5.74, 6) is 0.923. The van der Waals surface area contributed by atoms with E-state index in [4.69, 9.17) is 16.3 Å². The van der Waals surface area contributed by atoms with Gasteiger partial charge in [-0.2, -0.15) is 0 Å². The predicted molar refractivity (Wildman–Crippen MR) is 82.4 cm³/mol. The third-order valence-corrected chi connectivity index (χ3v) is 4.20. The molecule has 110 valence electrons. The molecule has 0 spiro atoms. The molecule has 1 aliphatic heterocycles. The topological polar surface area (TPSA) is 50.4 Å². The second-order valence-corrected chi connectivity index (χ2v) is 6.19. The predicted octanol–water partition coefficient (Wildman–Crippen LogP) is 1.93. The van der Waals surface area contributed by atoms with Crippen LogP contribution in [-0.2, 0) is 9.53 Å². The highest BCUT2D eigenvalue weighted by Crippen LogP contribution is 2.19. The first kappa shape index (κ1) is 15.6. The molecule has 2 N–H and O–H groups in total. The summed E-state index contributed by atoms with van der Waals surface area (Å²) < 4.78 is 5.32. The van der Waals surface area contributed by atoms with Crippen molar-refractivity contribution >= 4 is 29.3 Å². The molecule has 0 bridgehead atoms. The van der Waals surface area contributed by atoms with E-state index in [1.54, 1.807) is 11.8 Å². The van der Waals surface area contributed by atoms with Crippen LogP contribution in [-0.4, -0.2) is 44.0 Å². The van der Waals surface area contributed by atoms with E-state index in [2.05, 4.69) is 10.6 Å². The molecule has 1 atom stereocenters. The van der Waals surface area contributed by atoms with Crippen molar-refractivity contribution in [2.45, 2.75) is 17.4 Å². The summed E-state index contributed by atoms with van der Waals surface area (Å²) in [6, 6.07) is 7.86. The van der Waals surface area contributed by atoms with Crippen LogP contribution in [0.3, 0.4) is 0 Å². The number of carbonyl (C=O) groups is 1. The normalized spacial score (nSPS) is 18.8. The molecule has 1 heterocycles. The van der Waals surface area contributed by atoms with Gasteiger partial charge in [-0.15, -0.1) is 11.8 Å². The second-order valence-electron chi connectivity index (χ2n) is 4.58. The average molecular weight is 315 g/mol. The molecule has 0 aliphatic carbocycles. The smallest absolute Gasteiger partial charge is 0.221 e. The third-order valence-electron chi connectivity index (χ3n) is 2.94. The van der Waals surface area contributed by atoms with Crippen molar-refractivity contribution in [1.82, 2.24) is 10.6 Å². The second kappa shape index (κ2) is 8.52. The summed E-state index contributed by atoms with van der Waals surface area (Å²) in [7, 11) is 0. The van der Waals surface area contributed by atoms with Gasteiger partial charge in [-0.05, 0) is 24.3 Å². The molecular formula is C14H19ClN2O2S. The largest absolute Gasteiger partial charge is 0.378 e. The summed E-state index contributed by atoms with van der Waals surface area (Å²) in [6.07, 6.45) is 0.478. The zero-order valence-corrected chi connectivity index (χ0v) is 12.8. The maximum Gasteiger partial charge on any atom is 0.221 e. The van der Waals surface area contributed by atoms with E-state index in [9.17, 15) is 4.79 Å². The molecular weight excluding hydrogens is 296 g/mol. The summed E-state index contributed by atoms with van der Waals surface area (Å²) in [6.45, 7) is 2.84. The zero-order chi connectivity index (χ0) is 14.2. The van der Waals surface area contributed by atoms with Gasteiger partial charge in [0.15, 0.2) is 0 Å². The van der Waals surface area contributed by atoms with Crippen molar-refractivity contribution in [2.75, 3.05) is 32.1 Å². The Morgan fingerprint density at radius 3 is 2.95 bits per heavy atom. The number of halogens is 1. The molecule has 1 aromatic rings. The summed E-state index contributed by atoms with van der Waals surface area (Å²) in [5, 5.41) is 6.94. The zero-order valence-electron chi connectivity index (χ0n) is 11.2. The molecule has 0 saturated carbocycles. The van der Waals surface area contributed by atoms with E-state index >= 15 is 0 Å². The Kier molecular flexibility index (Phi) is 6.66. The molecule has 1 saturated heterocycles.